The molecule has 0 saturated carbocycles. The van der Waals surface area contributed by atoms with E-state index < -0.39 is 34.7 Å². The van der Waals surface area contributed by atoms with Crippen molar-refractivity contribution in [2.75, 3.05) is 11.9 Å². The monoisotopic (exact) mass is 293 g/mol. The van der Waals surface area contributed by atoms with E-state index in [2.05, 4.69) is 10.3 Å². The fourth-order valence-electron chi connectivity index (χ4n) is 1.37. The van der Waals surface area contributed by atoms with Crippen molar-refractivity contribution in [1.29, 1.82) is 0 Å². The van der Waals surface area contributed by atoms with Gasteiger partial charge in [-0.2, -0.15) is 13.2 Å². The maximum atomic E-state index is 11.9. The number of hydrogen-bond acceptors (Lipinski definition) is 5. The van der Waals surface area contributed by atoms with Gasteiger partial charge in [0, 0.05) is 19.0 Å². The average Bonchev–Trinajstić information content (AvgIpc) is 2.33. The van der Waals surface area contributed by atoms with Crippen molar-refractivity contribution in [3.63, 3.8) is 0 Å². The van der Waals surface area contributed by atoms with Gasteiger partial charge in [-0.05, 0) is 6.42 Å². The Balaban J connectivity index is 2.71. The highest BCUT2D eigenvalue weighted by atomic mass is 19.4. The number of nitro groups is 1. The lowest BCUT2D eigenvalue weighted by atomic mass is 10.2. The molecule has 20 heavy (non-hydrogen) atoms. The zero-order chi connectivity index (χ0) is 15.3. The fraction of sp³-hybridized carbons (Fsp3) is 0.400. The third-order valence-electron chi connectivity index (χ3n) is 2.25. The number of pyridine rings is 1. The van der Waals surface area contributed by atoms with Crippen molar-refractivity contribution >= 4 is 17.5 Å². The third-order valence-corrected chi connectivity index (χ3v) is 2.25. The molecule has 0 saturated heterocycles. The van der Waals surface area contributed by atoms with E-state index in [-0.39, 0.29) is 18.8 Å². The molecule has 1 aromatic heterocycles. The van der Waals surface area contributed by atoms with Crippen LogP contribution in [0.25, 0.3) is 0 Å². The van der Waals surface area contributed by atoms with Crippen LogP contribution in [0.5, 0.6) is 0 Å². The molecule has 10 heteroatoms. The predicted molar refractivity (Wildman–Crippen MR) is 61.6 cm³/mol. The van der Waals surface area contributed by atoms with Gasteiger partial charge < -0.3 is 10.4 Å². The number of nitrogens with one attached hydrogen (secondary N) is 1. The van der Waals surface area contributed by atoms with Crippen molar-refractivity contribution in [3.05, 3.63) is 27.9 Å². The Hall–Kier alpha value is -2.39. The number of aromatic carboxylic acids is 1. The summed E-state index contributed by atoms with van der Waals surface area (Å²) in [4.78, 5) is 24.1. The zero-order valence-electron chi connectivity index (χ0n) is 9.98. The first kappa shape index (κ1) is 15.7. The highest BCUT2D eigenvalue weighted by molar-refractivity contribution is 5.93. The SMILES string of the molecule is O=C(O)c1cc(NCCCC(F)(F)F)ncc1[N+](=O)[O-]. The summed E-state index contributed by atoms with van der Waals surface area (Å²) < 4.78 is 35.7. The van der Waals surface area contributed by atoms with Gasteiger partial charge in [0.2, 0.25) is 0 Å². The van der Waals surface area contributed by atoms with Crippen molar-refractivity contribution in [2.45, 2.75) is 19.0 Å². The number of carboxylic acid groups (broad SMARTS) is 1. The molecule has 0 radical (unpaired) electrons. The molecule has 0 amide bonds. The van der Waals surface area contributed by atoms with E-state index in [1.165, 1.54) is 0 Å². The van der Waals surface area contributed by atoms with Gasteiger partial charge in [-0.3, -0.25) is 10.1 Å². The molecule has 0 aliphatic carbocycles. The van der Waals surface area contributed by atoms with E-state index in [0.717, 1.165) is 12.3 Å². The van der Waals surface area contributed by atoms with E-state index in [4.69, 9.17) is 5.11 Å². The van der Waals surface area contributed by atoms with E-state index in [1.807, 2.05) is 0 Å². The van der Waals surface area contributed by atoms with E-state index in [0.29, 0.717) is 0 Å². The first-order valence-corrected chi connectivity index (χ1v) is 5.39. The lowest BCUT2D eigenvalue weighted by Gasteiger charge is -2.08. The van der Waals surface area contributed by atoms with Gasteiger partial charge in [0.1, 0.15) is 17.6 Å². The standard InChI is InChI=1S/C10H10F3N3O4/c11-10(12,13)2-1-3-14-8-4-6(9(17)18)7(5-15-8)16(19)20/h4-5H,1-3H2,(H,14,15)(H,17,18). The van der Waals surface area contributed by atoms with Gasteiger partial charge in [0.15, 0.2) is 0 Å². The Kier molecular flexibility index (Phi) is 4.83. The molecule has 1 rings (SSSR count). The number of halogens is 3. The first-order valence-electron chi connectivity index (χ1n) is 5.39. The molecular formula is C10H10F3N3O4. The van der Waals surface area contributed by atoms with Crippen LogP contribution in [-0.2, 0) is 0 Å². The molecule has 0 atom stereocenters. The van der Waals surface area contributed by atoms with E-state index in [9.17, 15) is 28.1 Å². The van der Waals surface area contributed by atoms with Crippen LogP contribution in [0.15, 0.2) is 12.3 Å². The normalized spacial score (nSPS) is 11.2. The van der Waals surface area contributed by atoms with Crippen molar-refractivity contribution in [1.82, 2.24) is 4.98 Å². The number of rotatable bonds is 6. The quantitative estimate of drug-likeness (QED) is 0.474. The first-order chi connectivity index (χ1) is 9.20. The zero-order valence-corrected chi connectivity index (χ0v) is 9.98. The summed E-state index contributed by atoms with van der Waals surface area (Å²) >= 11 is 0. The van der Waals surface area contributed by atoms with Crippen LogP contribution in [0.1, 0.15) is 23.2 Å². The maximum Gasteiger partial charge on any atom is 0.389 e. The van der Waals surface area contributed by atoms with Crippen LogP contribution in [-0.4, -0.2) is 33.7 Å². The minimum absolute atomic E-state index is 0.0322. The Morgan fingerprint density at radius 1 is 1.50 bits per heavy atom. The molecule has 0 spiro atoms. The molecule has 0 aliphatic heterocycles. The van der Waals surface area contributed by atoms with Gasteiger partial charge >= 0.3 is 17.8 Å². The van der Waals surface area contributed by atoms with Crippen LogP contribution >= 0.6 is 0 Å². The highest BCUT2D eigenvalue weighted by Gasteiger charge is 2.26. The largest absolute Gasteiger partial charge is 0.477 e. The molecular weight excluding hydrogens is 283 g/mol. The summed E-state index contributed by atoms with van der Waals surface area (Å²) in [5.74, 6) is -1.55. The van der Waals surface area contributed by atoms with Gasteiger partial charge in [0.25, 0.3) is 0 Å². The lowest BCUT2D eigenvalue weighted by molar-refractivity contribution is -0.385. The Morgan fingerprint density at radius 2 is 2.15 bits per heavy atom. The Morgan fingerprint density at radius 3 is 2.65 bits per heavy atom. The highest BCUT2D eigenvalue weighted by Crippen LogP contribution is 2.22. The van der Waals surface area contributed by atoms with Crippen LogP contribution in [0.3, 0.4) is 0 Å². The number of aromatic nitrogens is 1. The minimum Gasteiger partial charge on any atom is -0.477 e. The second-order valence-electron chi connectivity index (χ2n) is 3.79. The van der Waals surface area contributed by atoms with Gasteiger partial charge in [-0.1, -0.05) is 0 Å². The van der Waals surface area contributed by atoms with Crippen molar-refractivity contribution < 1.29 is 28.0 Å². The van der Waals surface area contributed by atoms with Crippen LogP contribution < -0.4 is 5.32 Å². The topological polar surface area (TPSA) is 105 Å². The molecule has 0 fully saturated rings. The molecule has 0 bridgehead atoms. The van der Waals surface area contributed by atoms with Crippen LogP contribution in [0.4, 0.5) is 24.7 Å². The van der Waals surface area contributed by atoms with E-state index in [1.54, 1.807) is 0 Å². The van der Waals surface area contributed by atoms with Crippen molar-refractivity contribution in [2.24, 2.45) is 0 Å². The molecule has 0 aliphatic rings. The van der Waals surface area contributed by atoms with E-state index >= 15 is 0 Å². The summed E-state index contributed by atoms with van der Waals surface area (Å²) in [5, 5.41) is 21.9. The average molecular weight is 293 g/mol. The summed E-state index contributed by atoms with van der Waals surface area (Å²) in [5.41, 5.74) is -1.26. The number of carbonyl (C=O) groups is 1. The predicted octanol–water partition coefficient (Wildman–Crippen LogP) is 2.44. The minimum atomic E-state index is -4.27. The lowest BCUT2D eigenvalue weighted by Crippen LogP contribution is -2.12. The second-order valence-corrected chi connectivity index (χ2v) is 3.79. The Bertz CT molecular complexity index is 519. The van der Waals surface area contributed by atoms with Gasteiger partial charge in [-0.15, -0.1) is 0 Å². The summed E-state index contributed by atoms with van der Waals surface area (Å²) in [7, 11) is 0. The number of carboxylic acids is 1. The molecule has 1 aromatic rings. The molecule has 7 nitrogen and oxygen atoms in total. The van der Waals surface area contributed by atoms with Crippen LogP contribution in [0, 0.1) is 10.1 Å². The molecule has 2 N–H and O–H groups in total. The summed E-state index contributed by atoms with van der Waals surface area (Å²) in [6.45, 7) is -0.0800. The summed E-state index contributed by atoms with van der Waals surface area (Å²) in [6, 6.07) is 0.911. The summed E-state index contributed by atoms with van der Waals surface area (Å²) in [6.07, 6.45) is -4.73. The number of hydrogen-bond donors (Lipinski definition) is 2. The number of anilines is 1. The fourth-order valence-corrected chi connectivity index (χ4v) is 1.37. The number of alkyl halides is 3. The third kappa shape index (κ3) is 4.71. The molecule has 110 valence electrons. The maximum absolute atomic E-state index is 11.9. The Labute approximate surface area is 110 Å². The van der Waals surface area contributed by atoms with Gasteiger partial charge in [-0.25, -0.2) is 9.78 Å². The molecule has 0 unspecified atom stereocenters. The van der Waals surface area contributed by atoms with Crippen LogP contribution in [0.2, 0.25) is 0 Å². The van der Waals surface area contributed by atoms with Crippen molar-refractivity contribution in [3.8, 4) is 0 Å². The second kappa shape index (κ2) is 6.17. The number of nitrogens with zero attached hydrogens (tertiary/aromatic N) is 2. The molecule has 1 heterocycles. The van der Waals surface area contributed by atoms with Gasteiger partial charge in [0.05, 0.1) is 4.92 Å². The smallest absolute Gasteiger partial charge is 0.389 e. The molecule has 0 aromatic carbocycles.